The zero-order valence-corrected chi connectivity index (χ0v) is 29.6. The average Bonchev–Trinajstić information content (AvgIpc) is 3.76. The quantitative estimate of drug-likeness (QED) is 0.160. The van der Waals surface area contributed by atoms with Crippen LogP contribution in [0.3, 0.4) is 0 Å². The first-order valence-electron chi connectivity index (χ1n) is 17.5. The second-order valence-electron chi connectivity index (χ2n) is 13.6. The standard InChI is InChI=1S/C40H43ClN6O4/c1-25-32(27-16-18-47-35(19-27)44-22-28(39(47)50)21-43-24-31-13-15-37(49)46-31)5-3-6-33(25)34-7-4-17-40(51-2,38(34)41)29-10-8-26(9-11-29)20-42-23-30-12-14-36(48)45-30/h3-11,16-19,22,30-31,38,42-43H,12-15,20-21,23-24H2,1-2H3,(H,45,48)(H,46,49)/t30-,31+,38?,40?/m1/s1. The molecule has 4 N–H and O–H groups in total. The van der Waals surface area contributed by atoms with Crippen molar-refractivity contribution in [2.24, 2.45) is 0 Å². The van der Waals surface area contributed by atoms with Crippen LogP contribution in [0.5, 0.6) is 0 Å². The fraction of sp³-hybridized carbons (Fsp3) is 0.350. The van der Waals surface area contributed by atoms with Gasteiger partial charge in [0, 0.05) is 76.2 Å². The predicted octanol–water partition coefficient (Wildman–Crippen LogP) is 4.51. The van der Waals surface area contributed by atoms with Crippen LogP contribution in [0.25, 0.3) is 22.3 Å². The summed E-state index contributed by atoms with van der Waals surface area (Å²) in [4.78, 5) is 40.9. The van der Waals surface area contributed by atoms with E-state index in [0.29, 0.717) is 43.7 Å². The summed E-state index contributed by atoms with van der Waals surface area (Å²) >= 11 is 7.38. The smallest absolute Gasteiger partial charge is 0.262 e. The summed E-state index contributed by atoms with van der Waals surface area (Å²) in [5, 5.41) is 12.2. The van der Waals surface area contributed by atoms with Gasteiger partial charge in [-0.05, 0) is 76.9 Å². The third-order valence-electron chi connectivity index (χ3n) is 10.3. The van der Waals surface area contributed by atoms with Crippen LogP contribution in [0, 0.1) is 6.92 Å². The van der Waals surface area contributed by atoms with Gasteiger partial charge in [-0.25, -0.2) is 4.98 Å². The molecule has 0 spiro atoms. The van der Waals surface area contributed by atoms with Crippen LogP contribution in [0.15, 0.2) is 90.0 Å². The van der Waals surface area contributed by atoms with Crippen molar-refractivity contribution in [2.45, 2.75) is 68.8 Å². The Morgan fingerprint density at radius 1 is 0.941 bits per heavy atom. The number of rotatable bonds is 12. The number of carbonyl (C=O) groups is 2. The lowest BCUT2D eigenvalue weighted by atomic mass is 9.79. The summed E-state index contributed by atoms with van der Waals surface area (Å²) in [6.45, 7) is 4.51. The third kappa shape index (κ3) is 7.14. The monoisotopic (exact) mass is 706 g/mol. The molecule has 2 amide bonds. The Morgan fingerprint density at radius 2 is 1.63 bits per heavy atom. The molecule has 2 aromatic carbocycles. The fourth-order valence-corrected chi connectivity index (χ4v) is 7.91. The number of aromatic nitrogens is 2. The second-order valence-corrected chi connectivity index (χ2v) is 14.1. The molecule has 2 aliphatic heterocycles. The molecule has 4 aromatic rings. The summed E-state index contributed by atoms with van der Waals surface area (Å²) in [6.07, 6.45) is 12.3. The summed E-state index contributed by atoms with van der Waals surface area (Å²) < 4.78 is 7.80. The molecule has 11 heteroatoms. The topological polar surface area (TPSA) is 126 Å². The van der Waals surface area contributed by atoms with E-state index < -0.39 is 11.0 Å². The zero-order valence-electron chi connectivity index (χ0n) is 28.9. The Hall–Kier alpha value is -4.61. The van der Waals surface area contributed by atoms with Crippen molar-refractivity contribution in [3.8, 4) is 11.1 Å². The molecule has 0 radical (unpaired) electrons. The average molecular weight is 707 g/mol. The van der Waals surface area contributed by atoms with Crippen molar-refractivity contribution >= 4 is 34.6 Å². The van der Waals surface area contributed by atoms with E-state index >= 15 is 0 Å². The number of fused-ring (bicyclic) bond motifs is 1. The lowest BCUT2D eigenvalue weighted by molar-refractivity contribution is -0.120. The molecule has 2 aromatic heterocycles. The molecule has 2 saturated heterocycles. The molecule has 51 heavy (non-hydrogen) atoms. The number of nitrogens with zero attached hydrogens (tertiary/aromatic N) is 2. The van der Waals surface area contributed by atoms with E-state index in [1.54, 1.807) is 23.9 Å². The maximum atomic E-state index is 13.3. The van der Waals surface area contributed by atoms with Crippen LogP contribution in [0.2, 0.25) is 0 Å². The van der Waals surface area contributed by atoms with Crippen molar-refractivity contribution < 1.29 is 14.3 Å². The number of methoxy groups -OCH3 is 1. The molecule has 1 aliphatic carbocycles. The fourth-order valence-electron chi connectivity index (χ4n) is 7.43. The maximum Gasteiger partial charge on any atom is 0.262 e. The molecule has 2 fully saturated rings. The molecular formula is C40H43ClN6O4. The predicted molar refractivity (Wildman–Crippen MR) is 199 cm³/mol. The van der Waals surface area contributed by atoms with E-state index in [4.69, 9.17) is 16.3 Å². The molecule has 4 atom stereocenters. The van der Waals surface area contributed by atoms with Crippen molar-refractivity contribution in [1.29, 1.82) is 0 Å². The molecule has 7 rings (SSSR count). The molecule has 0 bridgehead atoms. The molecule has 3 aliphatic rings. The van der Waals surface area contributed by atoms with Crippen molar-refractivity contribution in [3.63, 3.8) is 0 Å². The van der Waals surface area contributed by atoms with Gasteiger partial charge >= 0.3 is 0 Å². The van der Waals surface area contributed by atoms with E-state index in [2.05, 4.69) is 75.6 Å². The summed E-state index contributed by atoms with van der Waals surface area (Å²) in [6, 6.07) is 18.7. The van der Waals surface area contributed by atoms with E-state index in [1.165, 1.54) is 0 Å². The Kier molecular flexibility index (Phi) is 10.2. The van der Waals surface area contributed by atoms with Crippen molar-refractivity contribution in [2.75, 3.05) is 20.2 Å². The second kappa shape index (κ2) is 14.9. The van der Waals surface area contributed by atoms with Crippen LogP contribution >= 0.6 is 11.6 Å². The lowest BCUT2D eigenvalue weighted by Gasteiger charge is -2.38. The highest BCUT2D eigenvalue weighted by Crippen LogP contribution is 2.45. The summed E-state index contributed by atoms with van der Waals surface area (Å²) in [7, 11) is 1.69. The van der Waals surface area contributed by atoms with E-state index in [-0.39, 0.29) is 29.5 Å². The van der Waals surface area contributed by atoms with Gasteiger partial charge in [-0.15, -0.1) is 11.6 Å². The molecule has 264 valence electrons. The number of hydrogen-bond acceptors (Lipinski definition) is 7. The minimum atomic E-state index is -0.875. The summed E-state index contributed by atoms with van der Waals surface area (Å²) in [5.41, 5.74) is 7.21. The van der Waals surface area contributed by atoms with Crippen LogP contribution < -0.4 is 26.8 Å². The van der Waals surface area contributed by atoms with E-state index in [0.717, 1.165) is 58.3 Å². The number of allylic oxidation sites excluding steroid dienone is 2. The number of halogens is 1. The van der Waals surface area contributed by atoms with Gasteiger partial charge in [0.2, 0.25) is 11.8 Å². The molecular weight excluding hydrogens is 664 g/mol. The molecule has 10 nitrogen and oxygen atoms in total. The van der Waals surface area contributed by atoms with Gasteiger partial charge in [-0.3, -0.25) is 18.8 Å². The highest BCUT2D eigenvalue weighted by Gasteiger charge is 2.42. The Balaban J connectivity index is 1.07. The lowest BCUT2D eigenvalue weighted by Crippen LogP contribution is -2.38. The van der Waals surface area contributed by atoms with Crippen LogP contribution in [0.1, 0.15) is 53.5 Å². The van der Waals surface area contributed by atoms with Gasteiger partial charge in [-0.1, -0.05) is 54.6 Å². The van der Waals surface area contributed by atoms with Gasteiger partial charge in [-0.2, -0.15) is 0 Å². The van der Waals surface area contributed by atoms with E-state index in [1.807, 2.05) is 30.4 Å². The molecule has 0 saturated carbocycles. The first kappa shape index (κ1) is 34.8. The zero-order chi connectivity index (χ0) is 35.5. The SMILES string of the molecule is COC1(c2ccc(CNC[C@H]3CCC(=O)N3)cc2)C=CC=C(c2cccc(-c3ccn4c(=O)c(CNC[C@@H]5CCC(=O)N5)cnc4c3)c2C)C1Cl. The number of amides is 2. The van der Waals surface area contributed by atoms with Crippen molar-refractivity contribution in [3.05, 3.63) is 123 Å². The molecule has 2 unspecified atom stereocenters. The maximum absolute atomic E-state index is 13.3. The number of alkyl halides is 1. The van der Waals surface area contributed by atoms with Crippen LogP contribution in [0.4, 0.5) is 0 Å². The number of nitrogens with one attached hydrogen (secondary N) is 4. The number of carbonyl (C=O) groups excluding carboxylic acids is 2. The van der Waals surface area contributed by atoms with Crippen LogP contribution in [-0.4, -0.2) is 58.9 Å². The molecule has 4 heterocycles. The number of pyridine rings is 1. The minimum absolute atomic E-state index is 0.0728. The largest absolute Gasteiger partial charge is 0.367 e. The van der Waals surface area contributed by atoms with E-state index in [9.17, 15) is 14.4 Å². The highest BCUT2D eigenvalue weighted by molar-refractivity contribution is 6.28. The van der Waals surface area contributed by atoms with Gasteiger partial charge in [0.25, 0.3) is 5.56 Å². The minimum Gasteiger partial charge on any atom is -0.367 e. The Morgan fingerprint density at radius 3 is 2.29 bits per heavy atom. The number of ether oxygens (including phenoxy) is 1. The Labute approximate surface area is 302 Å². The number of benzene rings is 2. The summed E-state index contributed by atoms with van der Waals surface area (Å²) in [5.74, 6) is 0.197. The first-order chi connectivity index (χ1) is 24.8. The van der Waals surface area contributed by atoms with Crippen LogP contribution in [-0.2, 0) is 33.0 Å². The normalized spacial score (nSPS) is 23.0. The van der Waals surface area contributed by atoms with Crippen molar-refractivity contribution in [1.82, 2.24) is 30.7 Å². The van der Waals surface area contributed by atoms with Gasteiger partial charge in [0.1, 0.15) is 11.2 Å². The van der Waals surface area contributed by atoms with Gasteiger partial charge < -0.3 is 26.0 Å². The van der Waals surface area contributed by atoms with Gasteiger partial charge in [0.05, 0.1) is 5.38 Å². The third-order valence-corrected chi connectivity index (χ3v) is 10.9. The Bertz CT molecular complexity index is 2080. The van der Waals surface area contributed by atoms with Gasteiger partial charge in [0.15, 0.2) is 0 Å². The number of hydrogen-bond donors (Lipinski definition) is 4. The highest BCUT2D eigenvalue weighted by atomic mass is 35.5. The first-order valence-corrected chi connectivity index (χ1v) is 18.0.